The second kappa shape index (κ2) is 7.98. The molecule has 0 amide bonds. The van der Waals surface area contributed by atoms with Crippen molar-refractivity contribution in [2.24, 2.45) is 13.0 Å². The van der Waals surface area contributed by atoms with E-state index in [2.05, 4.69) is 30.4 Å². The van der Waals surface area contributed by atoms with Crippen molar-refractivity contribution in [3.05, 3.63) is 17.2 Å². The predicted octanol–water partition coefficient (Wildman–Crippen LogP) is 2.47. The Bertz CT molecular complexity index is 541. The molecule has 5 nitrogen and oxygen atoms in total. The highest BCUT2D eigenvalue weighted by Gasteiger charge is 2.32. The van der Waals surface area contributed by atoms with Crippen LogP contribution in [0.3, 0.4) is 0 Å². The first kappa shape index (κ1) is 17.9. The van der Waals surface area contributed by atoms with Gasteiger partial charge in [0.2, 0.25) is 0 Å². The fourth-order valence-electron chi connectivity index (χ4n) is 4.11. The smallest absolute Gasteiger partial charge is 0.126 e. The summed E-state index contributed by atoms with van der Waals surface area (Å²) in [4.78, 5) is 7.38. The van der Waals surface area contributed by atoms with E-state index in [9.17, 15) is 5.11 Å². The summed E-state index contributed by atoms with van der Waals surface area (Å²) in [6, 6.07) is 0.348. The van der Waals surface area contributed by atoms with Crippen LogP contribution in [0.4, 0.5) is 0 Å². The Balaban J connectivity index is 1.62. The maximum absolute atomic E-state index is 10.3. The zero-order chi connectivity index (χ0) is 17.1. The number of rotatable bonds is 7. The molecule has 2 heterocycles. The third-order valence-electron chi connectivity index (χ3n) is 5.28. The van der Waals surface area contributed by atoms with Gasteiger partial charge in [-0.3, -0.25) is 4.90 Å². The van der Waals surface area contributed by atoms with Crippen LogP contribution in [-0.4, -0.2) is 52.0 Å². The minimum Gasteiger partial charge on any atom is -0.389 e. The SMILES string of the molecule is CC(C)COC[C@H](O)CN1CCC[C@H]1c1nc2c(n1C)CCCC2. The van der Waals surface area contributed by atoms with Gasteiger partial charge in [-0.1, -0.05) is 13.8 Å². The van der Waals surface area contributed by atoms with E-state index in [0.717, 1.165) is 25.8 Å². The quantitative estimate of drug-likeness (QED) is 0.832. The molecular formula is C19H33N3O2. The van der Waals surface area contributed by atoms with E-state index in [1.165, 1.54) is 36.5 Å². The Morgan fingerprint density at radius 2 is 2.00 bits per heavy atom. The van der Waals surface area contributed by atoms with Gasteiger partial charge in [-0.15, -0.1) is 0 Å². The average Bonchev–Trinajstić information content (AvgIpc) is 3.12. The molecule has 1 aliphatic carbocycles. The van der Waals surface area contributed by atoms with E-state index >= 15 is 0 Å². The summed E-state index contributed by atoms with van der Waals surface area (Å²) in [5.74, 6) is 1.71. The van der Waals surface area contributed by atoms with Gasteiger partial charge < -0.3 is 14.4 Å². The summed E-state index contributed by atoms with van der Waals surface area (Å²) < 4.78 is 7.93. The molecule has 2 aliphatic rings. The normalized spacial score (nSPS) is 23.0. The molecule has 5 heteroatoms. The minimum absolute atomic E-state index is 0.348. The maximum Gasteiger partial charge on any atom is 0.126 e. The Hall–Kier alpha value is -0.910. The Labute approximate surface area is 146 Å². The summed E-state index contributed by atoms with van der Waals surface area (Å²) in [5.41, 5.74) is 2.75. The molecule has 0 unspecified atom stereocenters. The first-order valence-electron chi connectivity index (χ1n) is 9.60. The molecule has 0 spiro atoms. The summed E-state index contributed by atoms with van der Waals surface area (Å²) >= 11 is 0. The molecule has 1 fully saturated rings. The summed E-state index contributed by atoms with van der Waals surface area (Å²) in [7, 11) is 2.17. The molecule has 2 atom stereocenters. The summed E-state index contributed by atoms with van der Waals surface area (Å²) in [5, 5.41) is 10.3. The van der Waals surface area contributed by atoms with Gasteiger partial charge in [0, 0.05) is 25.9 Å². The van der Waals surface area contributed by atoms with Crippen LogP contribution in [0.15, 0.2) is 0 Å². The van der Waals surface area contributed by atoms with Crippen molar-refractivity contribution in [3.8, 4) is 0 Å². The maximum atomic E-state index is 10.3. The zero-order valence-electron chi connectivity index (χ0n) is 15.5. The largest absolute Gasteiger partial charge is 0.389 e. The Morgan fingerprint density at radius 3 is 2.75 bits per heavy atom. The highest BCUT2D eigenvalue weighted by Crippen LogP contribution is 2.33. The third-order valence-corrected chi connectivity index (χ3v) is 5.28. The fraction of sp³-hybridized carbons (Fsp3) is 0.842. The third kappa shape index (κ3) is 4.01. The van der Waals surface area contributed by atoms with Crippen molar-refractivity contribution in [2.75, 3.05) is 26.3 Å². The van der Waals surface area contributed by atoms with Gasteiger partial charge in [0.15, 0.2) is 0 Å². The first-order valence-corrected chi connectivity index (χ1v) is 9.60. The number of aryl methyl sites for hydroxylation is 1. The molecule has 24 heavy (non-hydrogen) atoms. The van der Waals surface area contributed by atoms with Crippen molar-refractivity contribution < 1.29 is 9.84 Å². The van der Waals surface area contributed by atoms with Crippen molar-refractivity contribution in [3.63, 3.8) is 0 Å². The number of fused-ring (bicyclic) bond motifs is 1. The average molecular weight is 335 g/mol. The lowest BCUT2D eigenvalue weighted by molar-refractivity contribution is 0.00548. The van der Waals surface area contributed by atoms with Gasteiger partial charge in [0.25, 0.3) is 0 Å². The number of likely N-dealkylation sites (tertiary alicyclic amines) is 1. The lowest BCUT2D eigenvalue weighted by Crippen LogP contribution is -2.35. The van der Waals surface area contributed by atoms with Gasteiger partial charge in [0.1, 0.15) is 5.82 Å². The van der Waals surface area contributed by atoms with Crippen LogP contribution in [0.25, 0.3) is 0 Å². The zero-order valence-corrected chi connectivity index (χ0v) is 15.5. The Kier molecular flexibility index (Phi) is 5.95. The van der Waals surface area contributed by atoms with Crippen LogP contribution in [0, 0.1) is 5.92 Å². The fourth-order valence-corrected chi connectivity index (χ4v) is 4.11. The van der Waals surface area contributed by atoms with Crippen molar-refractivity contribution in [1.82, 2.24) is 14.5 Å². The number of aliphatic hydroxyl groups excluding tert-OH is 1. The number of ether oxygens (including phenoxy) is 1. The predicted molar refractivity (Wildman–Crippen MR) is 95.1 cm³/mol. The molecule has 136 valence electrons. The van der Waals surface area contributed by atoms with Crippen LogP contribution in [0.2, 0.25) is 0 Å². The highest BCUT2D eigenvalue weighted by atomic mass is 16.5. The number of aromatic nitrogens is 2. The number of aliphatic hydroxyl groups is 1. The molecular weight excluding hydrogens is 302 g/mol. The number of β-amino-alcohol motifs (C(OH)–C–C–N with tert-alkyl or cyclic N) is 1. The Morgan fingerprint density at radius 1 is 1.21 bits per heavy atom. The standard InChI is InChI=1S/C19H33N3O2/c1-14(2)12-24-13-15(23)11-22-10-6-9-18(22)19-20-16-7-4-5-8-17(16)21(19)3/h14-15,18,23H,4-13H2,1-3H3/t15-,18+/m1/s1. The number of imidazole rings is 1. The molecule has 0 bridgehead atoms. The van der Waals surface area contributed by atoms with Crippen molar-refractivity contribution >= 4 is 0 Å². The van der Waals surface area contributed by atoms with Crippen molar-refractivity contribution in [1.29, 1.82) is 0 Å². The molecule has 1 aromatic rings. The highest BCUT2D eigenvalue weighted by molar-refractivity contribution is 5.22. The second-order valence-electron chi connectivity index (χ2n) is 7.87. The van der Waals surface area contributed by atoms with Gasteiger partial charge in [0.05, 0.1) is 24.4 Å². The monoisotopic (exact) mass is 335 g/mol. The number of hydrogen-bond acceptors (Lipinski definition) is 4. The molecule has 0 radical (unpaired) electrons. The van der Waals surface area contributed by atoms with E-state index in [0.29, 0.717) is 31.7 Å². The molecule has 1 aromatic heterocycles. The van der Waals surface area contributed by atoms with Crippen LogP contribution in [0.5, 0.6) is 0 Å². The molecule has 1 N–H and O–H groups in total. The van der Waals surface area contributed by atoms with E-state index < -0.39 is 6.10 Å². The molecule has 0 saturated carbocycles. The van der Waals surface area contributed by atoms with Gasteiger partial charge >= 0.3 is 0 Å². The topological polar surface area (TPSA) is 50.5 Å². The van der Waals surface area contributed by atoms with E-state index in [1.54, 1.807) is 0 Å². The van der Waals surface area contributed by atoms with Gasteiger partial charge in [-0.05, 0) is 51.0 Å². The van der Waals surface area contributed by atoms with Gasteiger partial charge in [-0.25, -0.2) is 4.98 Å². The lowest BCUT2D eigenvalue weighted by Gasteiger charge is -2.26. The van der Waals surface area contributed by atoms with E-state index in [1.807, 2.05) is 0 Å². The molecule has 1 saturated heterocycles. The lowest BCUT2D eigenvalue weighted by atomic mass is 10.0. The van der Waals surface area contributed by atoms with Crippen LogP contribution >= 0.6 is 0 Å². The van der Waals surface area contributed by atoms with E-state index in [-0.39, 0.29) is 0 Å². The first-order chi connectivity index (χ1) is 11.6. The molecule has 1 aliphatic heterocycles. The number of nitrogens with zero attached hydrogens (tertiary/aromatic N) is 3. The van der Waals surface area contributed by atoms with Crippen LogP contribution in [0.1, 0.15) is 62.8 Å². The van der Waals surface area contributed by atoms with Crippen molar-refractivity contribution in [2.45, 2.75) is 64.5 Å². The van der Waals surface area contributed by atoms with Crippen LogP contribution in [-0.2, 0) is 24.6 Å². The minimum atomic E-state index is -0.417. The van der Waals surface area contributed by atoms with E-state index in [4.69, 9.17) is 9.72 Å². The molecule has 3 rings (SSSR count). The summed E-state index contributed by atoms with van der Waals surface area (Å²) in [6.07, 6.45) is 6.75. The second-order valence-corrected chi connectivity index (χ2v) is 7.87. The van der Waals surface area contributed by atoms with Crippen LogP contribution < -0.4 is 0 Å². The number of hydrogen-bond donors (Lipinski definition) is 1. The van der Waals surface area contributed by atoms with Gasteiger partial charge in [-0.2, -0.15) is 0 Å². The summed E-state index contributed by atoms with van der Waals surface area (Å²) in [6.45, 7) is 7.13. The molecule has 0 aromatic carbocycles.